The molecule has 20 heavy (non-hydrogen) atoms. The molecular weight excluding hydrogens is 347 g/mol. The van der Waals surface area contributed by atoms with Crippen molar-refractivity contribution in [3.63, 3.8) is 0 Å². The van der Waals surface area contributed by atoms with E-state index in [-0.39, 0.29) is 11.5 Å². The average Bonchev–Trinajstić information content (AvgIpc) is 2.79. The number of halogens is 4. The molecule has 2 aromatic rings. The third-order valence-corrected chi connectivity index (χ3v) is 2.61. The highest BCUT2D eigenvalue weighted by Crippen LogP contribution is 2.35. The van der Waals surface area contributed by atoms with Crippen LogP contribution in [0.15, 0.2) is 33.4 Å². The number of carboxylic acids is 1. The number of rotatable bonds is 3. The molecule has 0 unspecified atom stereocenters. The number of carbonyl (C=O) groups is 1. The van der Waals surface area contributed by atoms with Crippen LogP contribution >= 0.6 is 15.9 Å². The van der Waals surface area contributed by atoms with Crippen molar-refractivity contribution in [1.29, 1.82) is 0 Å². The van der Waals surface area contributed by atoms with E-state index in [9.17, 15) is 18.0 Å². The minimum Gasteiger partial charge on any atom is -0.476 e. The van der Waals surface area contributed by atoms with Crippen molar-refractivity contribution >= 4 is 21.9 Å². The van der Waals surface area contributed by atoms with E-state index in [0.717, 1.165) is 12.3 Å². The molecule has 2 rings (SSSR count). The Kier molecular flexibility index (Phi) is 3.71. The van der Waals surface area contributed by atoms with Crippen LogP contribution in [0.5, 0.6) is 5.75 Å². The quantitative estimate of drug-likeness (QED) is 0.912. The van der Waals surface area contributed by atoms with Gasteiger partial charge in [-0.1, -0.05) is 15.9 Å². The molecule has 0 aliphatic rings. The zero-order valence-electron chi connectivity index (χ0n) is 9.44. The molecule has 0 aliphatic heterocycles. The summed E-state index contributed by atoms with van der Waals surface area (Å²) in [7, 11) is 0. The molecule has 1 aromatic carbocycles. The Bertz CT molecular complexity index is 653. The predicted molar refractivity (Wildman–Crippen MR) is 63.3 cm³/mol. The molecular formula is C11H5BrF3NO4. The molecule has 0 fully saturated rings. The normalized spacial score (nSPS) is 11.4. The molecule has 1 heterocycles. The summed E-state index contributed by atoms with van der Waals surface area (Å²) < 4.78 is 46.0. The number of alkyl halides is 3. The molecule has 1 aromatic heterocycles. The van der Waals surface area contributed by atoms with Crippen LogP contribution in [-0.2, 0) is 0 Å². The van der Waals surface area contributed by atoms with Crippen LogP contribution in [0.2, 0.25) is 0 Å². The maximum Gasteiger partial charge on any atom is 0.573 e. The minimum atomic E-state index is -4.88. The molecule has 0 saturated carbocycles. The smallest absolute Gasteiger partial charge is 0.476 e. The van der Waals surface area contributed by atoms with Crippen LogP contribution in [0.4, 0.5) is 13.2 Å². The van der Waals surface area contributed by atoms with E-state index in [1.54, 1.807) is 0 Å². The van der Waals surface area contributed by atoms with Gasteiger partial charge in [-0.15, -0.1) is 13.2 Å². The topological polar surface area (TPSA) is 72.6 Å². The highest BCUT2D eigenvalue weighted by Gasteiger charge is 2.33. The number of hydrogen-bond donors (Lipinski definition) is 1. The highest BCUT2D eigenvalue weighted by atomic mass is 79.9. The number of oxazole rings is 1. The van der Waals surface area contributed by atoms with E-state index in [1.807, 2.05) is 0 Å². The first-order chi connectivity index (χ1) is 9.26. The zero-order valence-corrected chi connectivity index (χ0v) is 11.0. The van der Waals surface area contributed by atoms with E-state index in [2.05, 4.69) is 25.7 Å². The average molecular weight is 352 g/mol. The zero-order chi connectivity index (χ0) is 14.9. The van der Waals surface area contributed by atoms with Gasteiger partial charge in [-0.3, -0.25) is 0 Å². The summed E-state index contributed by atoms with van der Waals surface area (Å²) >= 11 is 3.09. The summed E-state index contributed by atoms with van der Waals surface area (Å²) in [5, 5.41) is 8.71. The van der Waals surface area contributed by atoms with Gasteiger partial charge in [-0.05, 0) is 18.2 Å². The Balaban J connectivity index is 2.47. The van der Waals surface area contributed by atoms with E-state index in [0.29, 0.717) is 4.47 Å². The lowest BCUT2D eigenvalue weighted by atomic mass is 10.2. The lowest BCUT2D eigenvalue weighted by Gasteiger charge is -2.11. The standard InChI is InChI=1S/C11H5BrF3NO4/c12-5-1-2-8(20-11(13,14)15)6(3-5)9-16-7(4-19-9)10(17)18/h1-4H,(H,17,18). The number of carboxylic acid groups (broad SMARTS) is 1. The lowest BCUT2D eigenvalue weighted by Crippen LogP contribution is -2.17. The van der Waals surface area contributed by atoms with Crippen LogP contribution < -0.4 is 4.74 Å². The van der Waals surface area contributed by atoms with Gasteiger partial charge in [0.05, 0.1) is 5.56 Å². The molecule has 1 N–H and O–H groups in total. The Morgan fingerprint density at radius 2 is 2.10 bits per heavy atom. The van der Waals surface area contributed by atoms with E-state index >= 15 is 0 Å². The summed E-state index contributed by atoms with van der Waals surface area (Å²) in [5.41, 5.74) is -0.540. The number of ether oxygens (including phenoxy) is 1. The van der Waals surface area contributed by atoms with Crippen LogP contribution in [0, 0.1) is 0 Å². The lowest BCUT2D eigenvalue weighted by molar-refractivity contribution is -0.274. The van der Waals surface area contributed by atoms with Gasteiger partial charge < -0.3 is 14.3 Å². The summed E-state index contributed by atoms with van der Waals surface area (Å²) in [6.45, 7) is 0. The number of aromatic carboxylic acids is 1. The summed E-state index contributed by atoms with van der Waals surface area (Å²) in [4.78, 5) is 14.3. The molecule has 0 aliphatic carbocycles. The van der Waals surface area contributed by atoms with E-state index in [4.69, 9.17) is 9.52 Å². The van der Waals surface area contributed by atoms with Crippen molar-refractivity contribution in [3.05, 3.63) is 34.6 Å². The van der Waals surface area contributed by atoms with Crippen molar-refractivity contribution in [3.8, 4) is 17.2 Å². The SMILES string of the molecule is O=C(O)c1coc(-c2cc(Br)ccc2OC(F)(F)F)n1. The third kappa shape index (κ3) is 3.29. The number of aromatic nitrogens is 1. The molecule has 0 atom stereocenters. The Hall–Kier alpha value is -2.03. The van der Waals surface area contributed by atoms with Gasteiger partial charge in [0.1, 0.15) is 12.0 Å². The molecule has 0 radical (unpaired) electrons. The van der Waals surface area contributed by atoms with Gasteiger partial charge in [0.25, 0.3) is 0 Å². The fourth-order valence-electron chi connectivity index (χ4n) is 1.38. The highest BCUT2D eigenvalue weighted by molar-refractivity contribution is 9.10. The van der Waals surface area contributed by atoms with Crippen molar-refractivity contribution < 1.29 is 32.2 Å². The van der Waals surface area contributed by atoms with Crippen molar-refractivity contribution in [2.24, 2.45) is 0 Å². The summed E-state index contributed by atoms with van der Waals surface area (Å²) in [6, 6.07) is 3.68. The third-order valence-electron chi connectivity index (χ3n) is 2.12. The molecule has 0 bridgehead atoms. The van der Waals surface area contributed by atoms with Crippen molar-refractivity contribution in [2.75, 3.05) is 0 Å². The Morgan fingerprint density at radius 1 is 1.40 bits per heavy atom. The van der Waals surface area contributed by atoms with Crippen molar-refractivity contribution in [2.45, 2.75) is 6.36 Å². The molecule has 5 nitrogen and oxygen atoms in total. The van der Waals surface area contributed by atoms with Gasteiger partial charge in [0.15, 0.2) is 5.69 Å². The Labute approximate surface area is 118 Å². The first-order valence-electron chi connectivity index (χ1n) is 5.01. The predicted octanol–water partition coefficient (Wildman–Crippen LogP) is 3.70. The second kappa shape index (κ2) is 5.16. The Morgan fingerprint density at radius 3 is 2.65 bits per heavy atom. The first kappa shape index (κ1) is 14.4. The van der Waals surface area contributed by atoms with Gasteiger partial charge in [-0.25, -0.2) is 9.78 Å². The number of hydrogen-bond acceptors (Lipinski definition) is 4. The monoisotopic (exact) mass is 351 g/mol. The van der Waals surface area contributed by atoms with Crippen LogP contribution in [0.3, 0.4) is 0 Å². The molecule has 106 valence electrons. The van der Waals surface area contributed by atoms with E-state index < -0.39 is 23.8 Å². The van der Waals surface area contributed by atoms with E-state index in [1.165, 1.54) is 12.1 Å². The van der Waals surface area contributed by atoms with Crippen LogP contribution in [0.1, 0.15) is 10.5 Å². The maximum absolute atomic E-state index is 12.3. The fourth-order valence-corrected chi connectivity index (χ4v) is 1.74. The van der Waals surface area contributed by atoms with Crippen LogP contribution in [0.25, 0.3) is 11.5 Å². The summed E-state index contributed by atoms with van der Waals surface area (Å²) in [5.74, 6) is -2.18. The second-order valence-electron chi connectivity index (χ2n) is 3.53. The van der Waals surface area contributed by atoms with Gasteiger partial charge in [0, 0.05) is 4.47 Å². The van der Waals surface area contributed by atoms with Gasteiger partial charge >= 0.3 is 12.3 Å². The minimum absolute atomic E-state index is 0.121. The largest absolute Gasteiger partial charge is 0.573 e. The maximum atomic E-state index is 12.3. The fraction of sp³-hybridized carbons (Fsp3) is 0.0909. The second-order valence-corrected chi connectivity index (χ2v) is 4.45. The molecule has 0 spiro atoms. The van der Waals surface area contributed by atoms with Crippen molar-refractivity contribution in [1.82, 2.24) is 4.98 Å². The number of nitrogens with zero attached hydrogens (tertiary/aromatic N) is 1. The molecule has 0 amide bonds. The first-order valence-corrected chi connectivity index (χ1v) is 5.80. The van der Waals surface area contributed by atoms with Crippen LogP contribution in [-0.4, -0.2) is 22.4 Å². The van der Waals surface area contributed by atoms with Gasteiger partial charge in [-0.2, -0.15) is 0 Å². The number of benzene rings is 1. The summed E-state index contributed by atoms with van der Waals surface area (Å²) in [6.07, 6.45) is -4.05. The molecule has 9 heteroatoms. The molecule has 0 saturated heterocycles. The van der Waals surface area contributed by atoms with Gasteiger partial charge in [0.2, 0.25) is 5.89 Å².